The maximum absolute atomic E-state index is 13.0. The molecular formula is C33H34F4N2O7. The molecule has 3 aromatic rings. The number of esters is 3. The predicted molar refractivity (Wildman–Crippen MR) is 163 cm³/mol. The number of halogens is 4. The number of anilines is 2. The summed E-state index contributed by atoms with van der Waals surface area (Å²) in [4.78, 5) is 36.4. The Morgan fingerprint density at radius 1 is 0.696 bits per heavy atom. The van der Waals surface area contributed by atoms with E-state index in [1.54, 1.807) is 18.2 Å². The van der Waals surface area contributed by atoms with Crippen molar-refractivity contribution in [2.45, 2.75) is 51.1 Å². The zero-order chi connectivity index (χ0) is 33.5. The van der Waals surface area contributed by atoms with Gasteiger partial charge < -0.3 is 30.4 Å². The molecule has 0 aliphatic heterocycles. The Bertz CT molecular complexity index is 1460. The minimum absolute atomic E-state index is 0.0144. The molecule has 0 atom stereocenters. The van der Waals surface area contributed by atoms with E-state index in [0.717, 1.165) is 56.4 Å². The SMILES string of the molecule is Nc1cc(N)cc(C(=O)OCCCCCCCCOC(=O)C=Cc2ccc(OC(=O)c3ccc(OC(F)(F)C(F)F)cc3)cc2)c1. The number of carbonyl (C=O) groups excluding carboxylic acids is 3. The first-order valence-corrected chi connectivity index (χ1v) is 14.4. The van der Waals surface area contributed by atoms with E-state index in [9.17, 15) is 31.9 Å². The molecule has 3 rings (SSSR count). The van der Waals surface area contributed by atoms with Crippen LogP contribution in [0.1, 0.15) is 64.8 Å². The van der Waals surface area contributed by atoms with E-state index >= 15 is 0 Å². The molecule has 4 N–H and O–H groups in total. The van der Waals surface area contributed by atoms with Crippen LogP contribution in [0, 0.1) is 0 Å². The van der Waals surface area contributed by atoms with Crippen molar-refractivity contribution in [3.8, 4) is 11.5 Å². The first-order valence-electron chi connectivity index (χ1n) is 14.4. The number of hydrogen-bond donors (Lipinski definition) is 2. The van der Waals surface area contributed by atoms with Crippen LogP contribution in [0.2, 0.25) is 0 Å². The number of nitrogen functional groups attached to an aromatic ring is 2. The highest BCUT2D eigenvalue weighted by molar-refractivity contribution is 5.92. The molecule has 0 saturated carbocycles. The Morgan fingerprint density at radius 3 is 1.83 bits per heavy atom. The fourth-order valence-electron chi connectivity index (χ4n) is 4.01. The summed E-state index contributed by atoms with van der Waals surface area (Å²) in [5, 5.41) is 0. The van der Waals surface area contributed by atoms with Gasteiger partial charge in [-0.2, -0.15) is 17.6 Å². The normalized spacial score (nSPS) is 11.4. The quantitative estimate of drug-likeness (QED) is 0.0394. The topological polar surface area (TPSA) is 140 Å². The molecule has 0 bridgehead atoms. The third kappa shape index (κ3) is 12.1. The maximum atomic E-state index is 13.0. The van der Waals surface area contributed by atoms with Gasteiger partial charge in [-0.3, -0.25) is 0 Å². The second-order valence-corrected chi connectivity index (χ2v) is 10.1. The summed E-state index contributed by atoms with van der Waals surface area (Å²) < 4.78 is 70.1. The lowest BCUT2D eigenvalue weighted by Crippen LogP contribution is -2.33. The molecule has 0 aromatic heterocycles. The van der Waals surface area contributed by atoms with Crippen molar-refractivity contribution in [1.29, 1.82) is 0 Å². The molecule has 13 heteroatoms. The smallest absolute Gasteiger partial charge is 0.461 e. The van der Waals surface area contributed by atoms with Gasteiger partial charge in [0.1, 0.15) is 11.5 Å². The summed E-state index contributed by atoms with van der Waals surface area (Å²) in [7, 11) is 0. The molecule has 46 heavy (non-hydrogen) atoms. The van der Waals surface area contributed by atoms with Crippen molar-refractivity contribution in [3.05, 3.63) is 89.5 Å². The maximum Gasteiger partial charge on any atom is 0.461 e. The highest BCUT2D eigenvalue weighted by Gasteiger charge is 2.43. The molecule has 246 valence electrons. The van der Waals surface area contributed by atoms with E-state index in [-0.39, 0.29) is 17.9 Å². The Morgan fingerprint density at radius 2 is 1.24 bits per heavy atom. The molecule has 0 radical (unpaired) electrons. The van der Waals surface area contributed by atoms with Crippen molar-refractivity contribution < 1.29 is 50.9 Å². The minimum atomic E-state index is -4.66. The Labute approximate surface area is 263 Å². The molecule has 0 saturated heterocycles. The summed E-state index contributed by atoms with van der Waals surface area (Å²) >= 11 is 0. The molecule has 0 spiro atoms. The van der Waals surface area contributed by atoms with Gasteiger partial charge in [0.25, 0.3) is 0 Å². The summed E-state index contributed by atoms with van der Waals surface area (Å²) in [5.41, 5.74) is 13.1. The zero-order valence-corrected chi connectivity index (χ0v) is 24.8. The zero-order valence-electron chi connectivity index (χ0n) is 24.8. The van der Waals surface area contributed by atoms with Crippen LogP contribution in [0.4, 0.5) is 28.9 Å². The van der Waals surface area contributed by atoms with Gasteiger partial charge >= 0.3 is 30.4 Å². The van der Waals surface area contributed by atoms with E-state index in [1.807, 2.05) is 0 Å². The number of carbonyl (C=O) groups is 3. The van der Waals surface area contributed by atoms with Crippen molar-refractivity contribution in [3.63, 3.8) is 0 Å². The number of rotatable bonds is 17. The average Bonchev–Trinajstić information content (AvgIpc) is 3.01. The molecule has 0 unspecified atom stereocenters. The Balaban J connectivity index is 1.26. The highest BCUT2D eigenvalue weighted by Crippen LogP contribution is 2.28. The highest BCUT2D eigenvalue weighted by atomic mass is 19.3. The van der Waals surface area contributed by atoms with Crippen LogP contribution in [0.15, 0.2) is 72.8 Å². The van der Waals surface area contributed by atoms with Gasteiger partial charge in [0, 0.05) is 17.5 Å². The van der Waals surface area contributed by atoms with E-state index in [2.05, 4.69) is 4.74 Å². The van der Waals surface area contributed by atoms with Crippen molar-refractivity contribution in [1.82, 2.24) is 0 Å². The Kier molecular flexibility index (Phi) is 13.4. The molecular weight excluding hydrogens is 612 g/mol. The number of alkyl halides is 4. The van der Waals surface area contributed by atoms with Crippen LogP contribution in [-0.4, -0.2) is 43.7 Å². The number of nitrogens with two attached hydrogens (primary N) is 2. The monoisotopic (exact) mass is 646 g/mol. The van der Waals surface area contributed by atoms with Gasteiger partial charge in [0.15, 0.2) is 0 Å². The summed E-state index contributed by atoms with van der Waals surface area (Å²) in [6.45, 7) is 0.582. The summed E-state index contributed by atoms with van der Waals surface area (Å²) in [6.07, 6.45) is -0.726. The largest absolute Gasteiger partial charge is 0.463 e. The predicted octanol–water partition coefficient (Wildman–Crippen LogP) is 7.06. The first kappa shape index (κ1) is 35.4. The molecule has 0 fully saturated rings. The number of benzene rings is 3. The van der Waals surface area contributed by atoms with Crippen LogP contribution in [0.25, 0.3) is 6.08 Å². The summed E-state index contributed by atoms with van der Waals surface area (Å²) in [5.74, 6) is -2.12. The van der Waals surface area contributed by atoms with Gasteiger partial charge in [0.2, 0.25) is 0 Å². The van der Waals surface area contributed by atoms with Crippen LogP contribution >= 0.6 is 0 Å². The van der Waals surface area contributed by atoms with Gasteiger partial charge in [0.05, 0.1) is 24.3 Å². The second kappa shape index (κ2) is 17.4. The standard InChI is InChI=1S/C33H34F4N2O7/c34-32(35)33(36,37)46-28-14-10-23(11-15-28)31(42)45-27-12-7-22(8-13-27)9-16-29(40)43-17-5-3-1-2-4-6-18-44-30(41)24-19-25(38)21-26(39)20-24/h7-16,19-21,32H,1-6,17-18,38-39H2. The van der Waals surface area contributed by atoms with Crippen LogP contribution in [-0.2, 0) is 14.3 Å². The molecule has 0 aliphatic rings. The first-order chi connectivity index (χ1) is 21.9. The van der Waals surface area contributed by atoms with Gasteiger partial charge in [-0.05, 0) is 79.1 Å². The van der Waals surface area contributed by atoms with E-state index in [0.29, 0.717) is 35.5 Å². The molecule has 9 nitrogen and oxygen atoms in total. The van der Waals surface area contributed by atoms with Crippen molar-refractivity contribution in [2.24, 2.45) is 0 Å². The third-order valence-corrected chi connectivity index (χ3v) is 6.33. The number of ether oxygens (including phenoxy) is 4. The second-order valence-electron chi connectivity index (χ2n) is 10.1. The third-order valence-electron chi connectivity index (χ3n) is 6.33. The van der Waals surface area contributed by atoms with Gasteiger partial charge in [-0.15, -0.1) is 0 Å². The molecule has 0 amide bonds. The summed E-state index contributed by atoms with van der Waals surface area (Å²) in [6, 6.07) is 14.9. The van der Waals surface area contributed by atoms with Gasteiger partial charge in [-0.1, -0.05) is 37.8 Å². The molecule has 0 heterocycles. The Hall–Kier alpha value is -5.07. The minimum Gasteiger partial charge on any atom is -0.463 e. The fraction of sp³-hybridized carbons (Fsp3) is 0.303. The van der Waals surface area contributed by atoms with E-state index in [4.69, 9.17) is 25.7 Å². The van der Waals surface area contributed by atoms with Crippen LogP contribution in [0.5, 0.6) is 11.5 Å². The lowest BCUT2D eigenvalue weighted by molar-refractivity contribution is -0.253. The average molecular weight is 647 g/mol. The van der Waals surface area contributed by atoms with Gasteiger partial charge in [-0.25, -0.2) is 14.4 Å². The van der Waals surface area contributed by atoms with Crippen LogP contribution in [0.3, 0.4) is 0 Å². The number of unbranched alkanes of at least 4 members (excludes halogenated alkanes) is 5. The molecule has 0 aliphatic carbocycles. The van der Waals surface area contributed by atoms with Crippen molar-refractivity contribution in [2.75, 3.05) is 24.7 Å². The lowest BCUT2D eigenvalue weighted by atomic mass is 10.1. The molecule has 3 aromatic carbocycles. The van der Waals surface area contributed by atoms with Crippen molar-refractivity contribution >= 4 is 35.4 Å². The van der Waals surface area contributed by atoms with Crippen LogP contribution < -0.4 is 20.9 Å². The van der Waals surface area contributed by atoms with E-state index in [1.165, 1.54) is 36.4 Å². The van der Waals surface area contributed by atoms with E-state index < -0.39 is 36.2 Å². The lowest BCUT2D eigenvalue weighted by Gasteiger charge is -2.16. The fourth-order valence-corrected chi connectivity index (χ4v) is 4.01. The number of hydrogen-bond acceptors (Lipinski definition) is 9.